The molecule has 0 unspecified atom stereocenters. The molecule has 0 spiro atoms. The normalized spacial score (nSPS) is 15.4. The molecule has 112 valence electrons. The summed E-state index contributed by atoms with van der Waals surface area (Å²) in [5, 5.41) is 0.363. The Balaban J connectivity index is 1.65. The minimum atomic E-state index is 0.363. The molecule has 4 heterocycles. The fourth-order valence-corrected chi connectivity index (χ4v) is 2.62. The first kappa shape index (κ1) is 13.4. The summed E-state index contributed by atoms with van der Waals surface area (Å²) in [5.41, 5.74) is 2.06. The Morgan fingerprint density at radius 3 is 2.73 bits per heavy atom. The van der Waals surface area contributed by atoms with Gasteiger partial charge in [-0.1, -0.05) is 11.6 Å². The van der Waals surface area contributed by atoms with E-state index in [1.165, 1.54) is 6.33 Å². The second-order valence-electron chi connectivity index (χ2n) is 4.95. The molecule has 0 aromatic carbocycles. The maximum atomic E-state index is 6.03. The molecule has 0 bridgehead atoms. The van der Waals surface area contributed by atoms with Crippen molar-refractivity contribution >= 4 is 28.6 Å². The maximum absolute atomic E-state index is 6.03. The van der Waals surface area contributed by atoms with Gasteiger partial charge in [0.15, 0.2) is 10.8 Å². The van der Waals surface area contributed by atoms with Crippen molar-refractivity contribution in [1.29, 1.82) is 0 Å². The van der Waals surface area contributed by atoms with E-state index in [2.05, 4.69) is 29.8 Å². The first-order chi connectivity index (χ1) is 10.8. The van der Waals surface area contributed by atoms with Gasteiger partial charge in [0.05, 0.1) is 13.2 Å². The average molecular weight is 317 g/mol. The van der Waals surface area contributed by atoms with E-state index >= 15 is 0 Å². The summed E-state index contributed by atoms with van der Waals surface area (Å²) in [7, 11) is 0. The second-order valence-corrected chi connectivity index (χ2v) is 5.31. The summed E-state index contributed by atoms with van der Waals surface area (Å²) in [5.74, 6) is 1.62. The second kappa shape index (κ2) is 5.51. The van der Waals surface area contributed by atoms with Crippen LogP contribution in [-0.4, -0.2) is 51.2 Å². The number of aromatic nitrogens is 5. The summed E-state index contributed by atoms with van der Waals surface area (Å²) in [6, 6.07) is 3.97. The van der Waals surface area contributed by atoms with Crippen LogP contribution in [0, 0.1) is 0 Å². The van der Waals surface area contributed by atoms with Gasteiger partial charge >= 0.3 is 0 Å². The number of morpholine rings is 1. The number of imidazole rings is 1. The number of hydrogen-bond acceptors (Lipinski definition) is 6. The molecule has 1 N–H and O–H groups in total. The van der Waals surface area contributed by atoms with Crippen molar-refractivity contribution in [2.45, 2.75) is 0 Å². The highest BCUT2D eigenvalue weighted by Crippen LogP contribution is 2.23. The van der Waals surface area contributed by atoms with Crippen LogP contribution in [0.15, 0.2) is 24.7 Å². The van der Waals surface area contributed by atoms with Gasteiger partial charge in [0.25, 0.3) is 0 Å². The fourth-order valence-electron chi connectivity index (χ4n) is 2.44. The molecule has 1 aliphatic rings. The number of ether oxygens (including phenoxy) is 1. The maximum Gasteiger partial charge on any atom is 0.182 e. The van der Waals surface area contributed by atoms with E-state index in [9.17, 15) is 0 Å². The van der Waals surface area contributed by atoms with Gasteiger partial charge in [-0.2, -0.15) is 0 Å². The number of H-pyrrole nitrogens is 1. The van der Waals surface area contributed by atoms with E-state index in [1.54, 1.807) is 6.20 Å². The molecule has 3 aromatic heterocycles. The number of halogens is 1. The van der Waals surface area contributed by atoms with E-state index in [-0.39, 0.29) is 0 Å². The summed E-state index contributed by atoms with van der Waals surface area (Å²) >= 11 is 6.03. The molecule has 0 saturated carbocycles. The van der Waals surface area contributed by atoms with Crippen molar-refractivity contribution in [2.24, 2.45) is 0 Å². The van der Waals surface area contributed by atoms with Crippen molar-refractivity contribution in [3.63, 3.8) is 0 Å². The van der Waals surface area contributed by atoms with Gasteiger partial charge in [-0.25, -0.2) is 19.9 Å². The van der Waals surface area contributed by atoms with Crippen LogP contribution in [-0.2, 0) is 4.74 Å². The summed E-state index contributed by atoms with van der Waals surface area (Å²) in [6.45, 7) is 3.21. The van der Waals surface area contributed by atoms with Crippen LogP contribution in [0.25, 0.3) is 22.6 Å². The molecule has 0 radical (unpaired) electrons. The van der Waals surface area contributed by atoms with E-state index < -0.39 is 0 Å². The molecule has 1 fully saturated rings. The topological polar surface area (TPSA) is 79.8 Å². The molecule has 7 nitrogen and oxygen atoms in total. The number of aromatic amines is 1. The Morgan fingerprint density at radius 1 is 1.14 bits per heavy atom. The molecule has 1 aliphatic heterocycles. The number of nitrogens with zero attached hydrogens (tertiary/aromatic N) is 5. The minimum absolute atomic E-state index is 0.363. The van der Waals surface area contributed by atoms with Gasteiger partial charge in [-0.05, 0) is 12.1 Å². The first-order valence-corrected chi connectivity index (χ1v) is 7.34. The van der Waals surface area contributed by atoms with E-state index in [0.717, 1.165) is 37.7 Å². The Bertz CT molecular complexity index is 797. The van der Waals surface area contributed by atoms with Crippen molar-refractivity contribution in [2.75, 3.05) is 31.2 Å². The summed E-state index contributed by atoms with van der Waals surface area (Å²) < 4.78 is 5.35. The molecule has 3 aromatic rings. The number of anilines is 1. The SMILES string of the molecule is Clc1ncnc2nc(-c3ccc(N4CCOCC4)nc3)[nH]c12. The molecular formula is C14H13ClN6O. The van der Waals surface area contributed by atoms with Crippen molar-refractivity contribution in [3.8, 4) is 11.4 Å². The van der Waals surface area contributed by atoms with E-state index in [4.69, 9.17) is 16.3 Å². The number of nitrogens with one attached hydrogen (secondary N) is 1. The Kier molecular flexibility index (Phi) is 3.36. The predicted molar refractivity (Wildman–Crippen MR) is 83.0 cm³/mol. The number of rotatable bonds is 2. The highest BCUT2D eigenvalue weighted by atomic mass is 35.5. The number of pyridine rings is 1. The predicted octanol–water partition coefficient (Wildman–Crippen LogP) is 1.90. The molecule has 1 saturated heterocycles. The molecule has 0 atom stereocenters. The zero-order valence-corrected chi connectivity index (χ0v) is 12.4. The molecule has 4 rings (SSSR count). The van der Waals surface area contributed by atoms with Crippen molar-refractivity contribution in [1.82, 2.24) is 24.9 Å². The van der Waals surface area contributed by atoms with Crippen molar-refractivity contribution < 1.29 is 4.74 Å². The zero-order valence-electron chi connectivity index (χ0n) is 11.7. The monoisotopic (exact) mass is 316 g/mol. The Hall–Kier alpha value is -2.25. The summed E-state index contributed by atoms with van der Waals surface area (Å²) in [4.78, 5) is 22.3. The third kappa shape index (κ3) is 2.38. The average Bonchev–Trinajstić information content (AvgIpc) is 3.02. The third-order valence-corrected chi connectivity index (χ3v) is 3.89. The fraction of sp³-hybridized carbons (Fsp3) is 0.286. The quantitative estimate of drug-likeness (QED) is 0.727. The molecule has 22 heavy (non-hydrogen) atoms. The van der Waals surface area contributed by atoms with Crippen LogP contribution in [0.5, 0.6) is 0 Å². The van der Waals surface area contributed by atoms with E-state index in [1.807, 2.05) is 12.1 Å². The van der Waals surface area contributed by atoms with Gasteiger partial charge in [0.2, 0.25) is 0 Å². The lowest BCUT2D eigenvalue weighted by atomic mass is 10.2. The Morgan fingerprint density at radius 2 is 2.00 bits per heavy atom. The van der Waals surface area contributed by atoms with Crippen LogP contribution in [0.4, 0.5) is 5.82 Å². The zero-order chi connectivity index (χ0) is 14.9. The van der Waals surface area contributed by atoms with Crippen molar-refractivity contribution in [3.05, 3.63) is 29.8 Å². The van der Waals surface area contributed by atoms with Gasteiger partial charge in [0.1, 0.15) is 23.5 Å². The van der Waals surface area contributed by atoms with Crippen LogP contribution < -0.4 is 4.90 Å². The minimum Gasteiger partial charge on any atom is -0.378 e. The van der Waals surface area contributed by atoms with Gasteiger partial charge in [0, 0.05) is 24.8 Å². The van der Waals surface area contributed by atoms with Gasteiger partial charge in [-0.3, -0.25) is 0 Å². The van der Waals surface area contributed by atoms with Crippen LogP contribution >= 0.6 is 11.6 Å². The van der Waals surface area contributed by atoms with Crippen LogP contribution in [0.3, 0.4) is 0 Å². The Labute approximate surface area is 131 Å². The standard InChI is InChI=1S/C14H13ClN6O/c15-12-11-14(18-8-17-12)20-13(19-11)9-1-2-10(16-7-9)21-3-5-22-6-4-21/h1-2,7-8H,3-6H2,(H,17,18,19,20). The van der Waals surface area contributed by atoms with Gasteiger partial charge in [-0.15, -0.1) is 0 Å². The van der Waals surface area contributed by atoms with Crippen LogP contribution in [0.1, 0.15) is 0 Å². The molecule has 0 aliphatic carbocycles. The number of fused-ring (bicyclic) bond motifs is 1. The lowest BCUT2D eigenvalue weighted by molar-refractivity contribution is 0.122. The lowest BCUT2D eigenvalue weighted by Gasteiger charge is -2.27. The highest BCUT2D eigenvalue weighted by Gasteiger charge is 2.14. The largest absolute Gasteiger partial charge is 0.378 e. The first-order valence-electron chi connectivity index (χ1n) is 6.96. The smallest absolute Gasteiger partial charge is 0.182 e. The lowest BCUT2D eigenvalue weighted by Crippen LogP contribution is -2.36. The highest BCUT2D eigenvalue weighted by molar-refractivity contribution is 6.33. The molecule has 8 heteroatoms. The van der Waals surface area contributed by atoms with Crippen LogP contribution in [0.2, 0.25) is 5.15 Å². The summed E-state index contributed by atoms with van der Waals surface area (Å²) in [6.07, 6.45) is 3.19. The number of hydrogen-bond donors (Lipinski definition) is 1. The van der Waals surface area contributed by atoms with E-state index in [0.29, 0.717) is 22.1 Å². The van der Waals surface area contributed by atoms with Gasteiger partial charge < -0.3 is 14.6 Å². The molecular weight excluding hydrogens is 304 g/mol. The molecule has 0 amide bonds. The third-order valence-electron chi connectivity index (χ3n) is 3.60.